The minimum absolute atomic E-state index is 0.0689. The number of hydrogen-bond donors (Lipinski definition) is 0. The lowest BCUT2D eigenvalue weighted by atomic mass is 10.0. The van der Waals surface area contributed by atoms with E-state index < -0.39 is 9.84 Å². The van der Waals surface area contributed by atoms with Crippen LogP contribution < -0.4 is 0 Å². The molecule has 4 rings (SSSR count). The molecule has 4 nitrogen and oxygen atoms in total. The number of carbonyl (C=O) groups excluding carboxylic acids is 1. The fraction of sp³-hybridized carbons (Fsp3) is 0.320. The number of aromatic nitrogens is 1. The van der Waals surface area contributed by atoms with E-state index in [0.717, 1.165) is 11.4 Å². The molecule has 6 heteroatoms. The molecule has 0 saturated carbocycles. The van der Waals surface area contributed by atoms with Crippen LogP contribution in [0.15, 0.2) is 66.7 Å². The van der Waals surface area contributed by atoms with Crippen LogP contribution in [-0.4, -0.2) is 36.0 Å². The fourth-order valence-corrected chi connectivity index (χ4v) is 7.35. The Balaban J connectivity index is 1.55. The largest absolute Gasteiger partial charge is 0.344 e. The van der Waals surface area contributed by atoms with Crippen molar-refractivity contribution in [2.45, 2.75) is 31.6 Å². The summed E-state index contributed by atoms with van der Waals surface area (Å²) in [6.07, 6.45) is 0.616. The van der Waals surface area contributed by atoms with Gasteiger partial charge in [0.15, 0.2) is 15.6 Å². The van der Waals surface area contributed by atoms with E-state index in [4.69, 9.17) is 0 Å². The molecule has 0 bridgehead atoms. The van der Waals surface area contributed by atoms with Gasteiger partial charge in [-0.15, -0.1) is 11.8 Å². The van der Waals surface area contributed by atoms with E-state index in [-0.39, 0.29) is 28.6 Å². The zero-order valence-electron chi connectivity index (χ0n) is 17.8. The Hall–Kier alpha value is -2.31. The maximum Gasteiger partial charge on any atom is 0.174 e. The van der Waals surface area contributed by atoms with Gasteiger partial charge in [-0.25, -0.2) is 8.42 Å². The van der Waals surface area contributed by atoms with E-state index in [1.54, 1.807) is 11.8 Å². The normalized spacial score (nSPS) is 17.8. The van der Waals surface area contributed by atoms with E-state index in [0.29, 0.717) is 17.7 Å². The van der Waals surface area contributed by atoms with Crippen molar-refractivity contribution in [2.75, 3.05) is 17.3 Å². The van der Waals surface area contributed by atoms with E-state index in [1.165, 1.54) is 11.1 Å². The highest BCUT2D eigenvalue weighted by Crippen LogP contribution is 2.36. The zero-order valence-corrected chi connectivity index (χ0v) is 19.5. The molecule has 1 atom stereocenters. The van der Waals surface area contributed by atoms with E-state index in [2.05, 4.69) is 24.3 Å². The molecule has 1 fully saturated rings. The highest BCUT2D eigenvalue weighted by atomic mass is 32.2. The second-order valence-corrected chi connectivity index (χ2v) is 11.5. The number of nitrogens with zero attached hydrogens (tertiary/aromatic N) is 1. The Labute approximate surface area is 188 Å². The van der Waals surface area contributed by atoms with Crippen LogP contribution in [0.4, 0.5) is 0 Å². The van der Waals surface area contributed by atoms with Gasteiger partial charge >= 0.3 is 0 Å². The Bertz CT molecular complexity index is 1130. The number of carbonyl (C=O) groups is 1. The number of ketones is 1. The molecule has 31 heavy (non-hydrogen) atoms. The summed E-state index contributed by atoms with van der Waals surface area (Å²) in [5.74, 6) is 0.836. The summed E-state index contributed by atoms with van der Waals surface area (Å²) >= 11 is 1.63. The van der Waals surface area contributed by atoms with E-state index >= 15 is 0 Å². The summed E-state index contributed by atoms with van der Waals surface area (Å²) in [4.78, 5) is 13.2. The SMILES string of the molecule is Cc1cc(C(=O)CSC(c2ccccc2)c2ccccc2)c(C)n1C1CCS(=O)(=O)C1. The predicted octanol–water partition coefficient (Wildman–Crippen LogP) is 5.17. The first-order valence-electron chi connectivity index (χ1n) is 10.5. The second-order valence-electron chi connectivity index (χ2n) is 8.15. The first-order valence-corrected chi connectivity index (χ1v) is 13.4. The summed E-state index contributed by atoms with van der Waals surface area (Å²) in [7, 11) is -2.98. The third-order valence-electron chi connectivity index (χ3n) is 5.94. The van der Waals surface area contributed by atoms with Gasteiger partial charge in [-0.2, -0.15) is 0 Å². The topological polar surface area (TPSA) is 56.1 Å². The Morgan fingerprint density at radius 1 is 1.03 bits per heavy atom. The number of hydrogen-bond acceptors (Lipinski definition) is 4. The summed E-state index contributed by atoms with van der Waals surface area (Å²) in [5, 5.41) is 0.0785. The van der Waals surface area contributed by atoms with Crippen LogP contribution in [0, 0.1) is 13.8 Å². The lowest BCUT2D eigenvalue weighted by Gasteiger charge is -2.18. The van der Waals surface area contributed by atoms with Gasteiger partial charge in [-0.05, 0) is 37.5 Å². The smallest absolute Gasteiger partial charge is 0.174 e. The lowest BCUT2D eigenvalue weighted by Crippen LogP contribution is -2.15. The van der Waals surface area contributed by atoms with Crippen molar-refractivity contribution >= 4 is 27.4 Å². The molecule has 1 aliphatic rings. The number of Topliss-reactive ketones (excluding diaryl/α,β-unsaturated/α-hetero) is 1. The Morgan fingerprint density at radius 2 is 1.61 bits per heavy atom. The molecule has 0 radical (unpaired) electrons. The van der Waals surface area contributed by atoms with Crippen molar-refractivity contribution in [3.05, 3.63) is 94.8 Å². The fourth-order valence-electron chi connectivity index (χ4n) is 4.48. The maximum absolute atomic E-state index is 13.2. The standard InChI is InChI=1S/C25H27NO3S2/c1-18-15-23(19(2)26(18)22-13-14-31(28,29)17-22)24(27)16-30-25(20-9-5-3-6-10-20)21-11-7-4-8-12-21/h3-12,15,22,25H,13-14,16-17H2,1-2H3. The minimum atomic E-state index is -2.98. The minimum Gasteiger partial charge on any atom is -0.344 e. The molecular formula is C25H27NO3S2. The van der Waals surface area contributed by atoms with Gasteiger partial charge in [0.2, 0.25) is 0 Å². The Kier molecular flexibility index (Phi) is 6.39. The van der Waals surface area contributed by atoms with Crippen LogP contribution >= 0.6 is 11.8 Å². The molecule has 2 aromatic carbocycles. The highest BCUT2D eigenvalue weighted by Gasteiger charge is 2.31. The number of thioether (sulfide) groups is 1. The lowest BCUT2D eigenvalue weighted by molar-refractivity contribution is 0.102. The highest BCUT2D eigenvalue weighted by molar-refractivity contribution is 8.00. The molecule has 1 unspecified atom stereocenters. The van der Waals surface area contributed by atoms with Crippen molar-refractivity contribution in [3.63, 3.8) is 0 Å². The van der Waals surface area contributed by atoms with Gasteiger partial charge in [0.1, 0.15) is 0 Å². The molecule has 162 valence electrons. The molecular weight excluding hydrogens is 426 g/mol. The van der Waals surface area contributed by atoms with Crippen molar-refractivity contribution in [3.8, 4) is 0 Å². The molecule has 2 heterocycles. The molecule has 1 aromatic heterocycles. The van der Waals surface area contributed by atoms with Crippen molar-refractivity contribution in [1.82, 2.24) is 4.57 Å². The zero-order chi connectivity index (χ0) is 22.0. The van der Waals surface area contributed by atoms with Gasteiger partial charge in [-0.3, -0.25) is 4.79 Å². The molecule has 0 spiro atoms. The van der Waals surface area contributed by atoms with Crippen LogP contribution in [0.2, 0.25) is 0 Å². The average Bonchev–Trinajstić information content (AvgIpc) is 3.27. The van der Waals surface area contributed by atoms with E-state index in [1.807, 2.05) is 60.9 Å². The van der Waals surface area contributed by atoms with Crippen LogP contribution in [0.5, 0.6) is 0 Å². The summed E-state index contributed by atoms with van der Waals surface area (Å²) in [6.45, 7) is 3.89. The van der Waals surface area contributed by atoms with Crippen molar-refractivity contribution in [1.29, 1.82) is 0 Å². The second kappa shape index (κ2) is 9.05. The van der Waals surface area contributed by atoms with Crippen LogP contribution in [-0.2, 0) is 9.84 Å². The number of benzene rings is 2. The number of rotatable bonds is 7. The van der Waals surface area contributed by atoms with Gasteiger partial charge in [-0.1, -0.05) is 60.7 Å². The number of sulfone groups is 1. The van der Waals surface area contributed by atoms with Gasteiger partial charge < -0.3 is 4.57 Å². The van der Waals surface area contributed by atoms with Crippen LogP contribution in [0.1, 0.15) is 50.6 Å². The predicted molar refractivity (Wildman–Crippen MR) is 128 cm³/mol. The third-order valence-corrected chi connectivity index (χ3v) is 9.00. The maximum atomic E-state index is 13.2. The van der Waals surface area contributed by atoms with Gasteiger partial charge in [0.25, 0.3) is 0 Å². The summed E-state index contributed by atoms with van der Waals surface area (Å²) in [5.41, 5.74) is 4.88. The van der Waals surface area contributed by atoms with Gasteiger partial charge in [0.05, 0.1) is 22.5 Å². The molecule has 0 N–H and O–H groups in total. The number of aryl methyl sites for hydroxylation is 1. The monoisotopic (exact) mass is 453 g/mol. The first kappa shape index (κ1) is 21.9. The van der Waals surface area contributed by atoms with Crippen LogP contribution in [0.3, 0.4) is 0 Å². The quantitative estimate of drug-likeness (QED) is 0.463. The molecule has 0 amide bonds. The molecule has 1 saturated heterocycles. The average molecular weight is 454 g/mol. The third kappa shape index (κ3) is 4.80. The summed E-state index contributed by atoms with van der Waals surface area (Å²) < 4.78 is 25.9. The Morgan fingerprint density at radius 3 is 2.13 bits per heavy atom. The van der Waals surface area contributed by atoms with Gasteiger partial charge in [0, 0.05) is 23.0 Å². The van der Waals surface area contributed by atoms with Crippen molar-refractivity contribution in [2.24, 2.45) is 0 Å². The molecule has 1 aliphatic heterocycles. The van der Waals surface area contributed by atoms with Crippen LogP contribution in [0.25, 0.3) is 0 Å². The molecule has 0 aliphatic carbocycles. The van der Waals surface area contributed by atoms with Crippen molar-refractivity contribution < 1.29 is 13.2 Å². The summed E-state index contributed by atoms with van der Waals surface area (Å²) in [6, 6.07) is 22.3. The van der Waals surface area contributed by atoms with E-state index in [9.17, 15) is 13.2 Å². The first-order chi connectivity index (χ1) is 14.9. The molecule has 3 aromatic rings.